The van der Waals surface area contributed by atoms with Crippen molar-refractivity contribution in [2.75, 3.05) is 17.1 Å². The molecular formula is C29H28Cl2N4O3S2. The Kier molecular flexibility index (Phi) is 9.30. The summed E-state index contributed by atoms with van der Waals surface area (Å²) in [6, 6.07) is 20.8. The van der Waals surface area contributed by atoms with Gasteiger partial charge >= 0.3 is 0 Å². The second-order valence-electron chi connectivity index (χ2n) is 9.08. The van der Waals surface area contributed by atoms with Gasteiger partial charge in [-0.3, -0.25) is 9.10 Å². The molecule has 7 nitrogen and oxygen atoms in total. The Morgan fingerprint density at radius 1 is 0.975 bits per heavy atom. The highest BCUT2D eigenvalue weighted by Gasteiger charge is 2.27. The topological polar surface area (TPSA) is 83.8 Å². The summed E-state index contributed by atoms with van der Waals surface area (Å²) in [6.07, 6.45) is 3.44. The third kappa shape index (κ3) is 6.55. The molecule has 0 aliphatic heterocycles. The van der Waals surface area contributed by atoms with E-state index in [1.165, 1.54) is 18.0 Å². The van der Waals surface area contributed by atoms with Crippen molar-refractivity contribution in [3.05, 3.63) is 105 Å². The van der Waals surface area contributed by atoms with E-state index in [0.29, 0.717) is 15.7 Å². The molecule has 0 aliphatic rings. The van der Waals surface area contributed by atoms with E-state index >= 15 is 0 Å². The van der Waals surface area contributed by atoms with E-state index in [0.717, 1.165) is 37.4 Å². The maximum absolute atomic E-state index is 13.6. The molecule has 1 aromatic heterocycles. The van der Waals surface area contributed by atoms with E-state index in [2.05, 4.69) is 10.5 Å². The first-order valence-corrected chi connectivity index (χ1v) is 15.6. The molecule has 0 radical (unpaired) electrons. The lowest BCUT2D eigenvalue weighted by atomic mass is 10.2. The highest BCUT2D eigenvalue weighted by Crippen LogP contribution is 2.28. The Balaban J connectivity index is 1.55. The van der Waals surface area contributed by atoms with Crippen LogP contribution in [0.2, 0.25) is 10.0 Å². The summed E-state index contributed by atoms with van der Waals surface area (Å²) in [6.45, 7) is 5.33. The van der Waals surface area contributed by atoms with Gasteiger partial charge in [-0.2, -0.15) is 5.10 Å². The number of hydrogen-bond acceptors (Lipinski definition) is 5. The Morgan fingerprint density at radius 2 is 1.65 bits per heavy atom. The van der Waals surface area contributed by atoms with Gasteiger partial charge in [0, 0.05) is 27.5 Å². The number of hydrazone groups is 1. The molecule has 208 valence electrons. The summed E-state index contributed by atoms with van der Waals surface area (Å²) in [4.78, 5) is 14.0. The van der Waals surface area contributed by atoms with Crippen molar-refractivity contribution in [3.63, 3.8) is 0 Å². The van der Waals surface area contributed by atoms with Crippen molar-refractivity contribution in [3.8, 4) is 5.69 Å². The first-order valence-electron chi connectivity index (χ1n) is 12.2. The Hall–Kier alpha value is -3.24. The van der Waals surface area contributed by atoms with Crippen LogP contribution < -0.4 is 9.73 Å². The Bertz CT molecular complexity index is 1670. The highest BCUT2D eigenvalue weighted by atomic mass is 35.5. The number of carbonyl (C=O) groups is 1. The fraction of sp³-hybridized carbons (Fsp3) is 0.172. The smallest absolute Gasteiger partial charge is 0.264 e. The molecule has 0 spiro atoms. The molecule has 4 aromatic rings. The Labute approximate surface area is 248 Å². The van der Waals surface area contributed by atoms with Gasteiger partial charge in [0.1, 0.15) is 6.54 Å². The van der Waals surface area contributed by atoms with Gasteiger partial charge in [-0.15, -0.1) is 11.8 Å². The van der Waals surface area contributed by atoms with Crippen LogP contribution in [0.15, 0.2) is 87.7 Å². The van der Waals surface area contributed by atoms with Gasteiger partial charge in [0.25, 0.3) is 15.9 Å². The third-order valence-electron chi connectivity index (χ3n) is 6.28. The zero-order valence-electron chi connectivity index (χ0n) is 22.4. The predicted molar refractivity (Wildman–Crippen MR) is 165 cm³/mol. The number of rotatable bonds is 9. The van der Waals surface area contributed by atoms with Crippen molar-refractivity contribution in [1.29, 1.82) is 0 Å². The van der Waals surface area contributed by atoms with Gasteiger partial charge in [-0.1, -0.05) is 40.9 Å². The second-order valence-corrected chi connectivity index (χ2v) is 12.6. The molecule has 4 rings (SSSR count). The van der Waals surface area contributed by atoms with Crippen LogP contribution in [0.3, 0.4) is 0 Å². The Morgan fingerprint density at radius 3 is 2.27 bits per heavy atom. The highest BCUT2D eigenvalue weighted by molar-refractivity contribution is 7.98. The summed E-state index contributed by atoms with van der Waals surface area (Å²) < 4.78 is 30.3. The van der Waals surface area contributed by atoms with Crippen molar-refractivity contribution >= 4 is 62.8 Å². The van der Waals surface area contributed by atoms with Crippen LogP contribution >= 0.6 is 35.0 Å². The van der Waals surface area contributed by atoms with Crippen LogP contribution in [0.4, 0.5) is 5.69 Å². The molecule has 3 aromatic carbocycles. The second kappa shape index (κ2) is 12.5. The van der Waals surface area contributed by atoms with Crippen LogP contribution in [0, 0.1) is 20.8 Å². The zero-order chi connectivity index (χ0) is 29.0. The SMILES string of the molecule is CSc1ccc(S(=O)(=O)N(CC(=O)N/N=C/c2cc(C)n(-c3ccc(Cl)c(Cl)c3)c2C)c2ccc(C)cc2)cc1. The monoisotopic (exact) mass is 614 g/mol. The lowest BCUT2D eigenvalue weighted by Gasteiger charge is -2.24. The lowest BCUT2D eigenvalue weighted by Crippen LogP contribution is -2.39. The molecule has 0 bridgehead atoms. The van der Waals surface area contributed by atoms with E-state index in [9.17, 15) is 13.2 Å². The first kappa shape index (κ1) is 29.7. The number of benzene rings is 3. The number of thioether (sulfide) groups is 1. The van der Waals surface area contributed by atoms with Crippen molar-refractivity contribution < 1.29 is 13.2 Å². The van der Waals surface area contributed by atoms with Gasteiger partial charge in [0.05, 0.1) is 26.8 Å². The predicted octanol–water partition coefficient (Wildman–Crippen LogP) is 6.78. The van der Waals surface area contributed by atoms with Crippen LogP contribution in [0.25, 0.3) is 5.69 Å². The van der Waals surface area contributed by atoms with Gasteiger partial charge in [0.2, 0.25) is 0 Å². The third-order valence-corrected chi connectivity index (χ3v) is 9.55. The number of halogens is 2. The molecule has 0 unspecified atom stereocenters. The number of carbonyl (C=O) groups excluding carboxylic acids is 1. The van der Waals surface area contributed by atoms with Crippen LogP contribution in [0.5, 0.6) is 0 Å². The minimum absolute atomic E-state index is 0.0944. The number of sulfonamides is 1. The van der Waals surface area contributed by atoms with Gasteiger partial charge in [-0.25, -0.2) is 13.8 Å². The number of aromatic nitrogens is 1. The minimum atomic E-state index is -4.02. The van der Waals surface area contributed by atoms with Gasteiger partial charge < -0.3 is 4.57 Å². The van der Waals surface area contributed by atoms with E-state index in [1.807, 2.05) is 43.7 Å². The summed E-state index contributed by atoms with van der Waals surface area (Å²) in [5.74, 6) is -0.584. The fourth-order valence-electron chi connectivity index (χ4n) is 4.18. The fourth-order valence-corrected chi connectivity index (χ4v) is 6.30. The molecule has 0 saturated heterocycles. The number of nitrogens with one attached hydrogen (secondary N) is 1. The van der Waals surface area contributed by atoms with E-state index in [1.54, 1.807) is 60.7 Å². The molecule has 0 aliphatic carbocycles. The molecule has 11 heteroatoms. The molecular weight excluding hydrogens is 587 g/mol. The van der Waals surface area contributed by atoms with Crippen LogP contribution in [-0.2, 0) is 14.8 Å². The number of aryl methyl sites for hydroxylation is 2. The summed E-state index contributed by atoms with van der Waals surface area (Å²) in [7, 11) is -4.02. The molecule has 0 fully saturated rings. The number of amides is 1. The average Bonchev–Trinajstić information content (AvgIpc) is 3.22. The van der Waals surface area contributed by atoms with E-state index in [4.69, 9.17) is 23.2 Å². The van der Waals surface area contributed by atoms with Gasteiger partial charge in [-0.05, 0) is 87.7 Å². The number of hydrogen-bond donors (Lipinski definition) is 1. The average molecular weight is 616 g/mol. The normalized spacial score (nSPS) is 11.7. The summed E-state index contributed by atoms with van der Waals surface area (Å²) in [5, 5.41) is 5.03. The minimum Gasteiger partial charge on any atom is -0.318 e. The molecule has 1 heterocycles. The van der Waals surface area contributed by atoms with Crippen molar-refractivity contribution in [2.45, 2.75) is 30.6 Å². The van der Waals surface area contributed by atoms with Gasteiger partial charge in [0.15, 0.2) is 0 Å². The van der Waals surface area contributed by atoms with Crippen LogP contribution in [0.1, 0.15) is 22.5 Å². The summed E-state index contributed by atoms with van der Waals surface area (Å²) >= 11 is 13.8. The quantitative estimate of drug-likeness (QED) is 0.128. The van der Waals surface area contributed by atoms with Crippen LogP contribution in [-0.4, -0.2) is 37.9 Å². The summed E-state index contributed by atoms with van der Waals surface area (Å²) in [5.41, 5.74) is 7.26. The molecule has 40 heavy (non-hydrogen) atoms. The standard InChI is InChI=1S/C29H28Cl2N4O3S2/c1-19-5-7-23(8-6-19)34(40(37,38)26-12-10-25(39-4)11-13-26)18-29(36)33-32-17-22-15-20(2)35(21(22)3)24-9-14-27(30)28(31)16-24/h5-17H,18H2,1-4H3,(H,33,36)/b32-17+. The van der Waals surface area contributed by atoms with E-state index in [-0.39, 0.29) is 4.90 Å². The molecule has 1 amide bonds. The van der Waals surface area contributed by atoms with Crippen molar-refractivity contribution in [1.82, 2.24) is 9.99 Å². The zero-order valence-corrected chi connectivity index (χ0v) is 25.5. The largest absolute Gasteiger partial charge is 0.318 e. The number of nitrogens with zero attached hydrogens (tertiary/aromatic N) is 3. The van der Waals surface area contributed by atoms with Crippen molar-refractivity contribution in [2.24, 2.45) is 5.10 Å². The maximum atomic E-state index is 13.6. The number of anilines is 1. The molecule has 0 saturated carbocycles. The maximum Gasteiger partial charge on any atom is 0.264 e. The lowest BCUT2D eigenvalue weighted by molar-refractivity contribution is -0.119. The molecule has 1 N–H and O–H groups in total. The van der Waals surface area contributed by atoms with E-state index < -0.39 is 22.5 Å². The first-order chi connectivity index (χ1) is 19.0. The molecule has 0 atom stereocenters.